The third kappa shape index (κ3) is 11.4. The molecule has 0 atom stereocenters. The number of ether oxygens (including phenoxy) is 1. The van der Waals surface area contributed by atoms with Crippen molar-refractivity contribution in [3.05, 3.63) is 0 Å². The number of sulfonamides is 1. The summed E-state index contributed by atoms with van der Waals surface area (Å²) in [5, 5.41) is 6.38. The molecule has 7 nitrogen and oxygen atoms in total. The van der Waals surface area contributed by atoms with Crippen LogP contribution in [-0.2, 0) is 14.8 Å². The first kappa shape index (κ1) is 18.9. The Bertz CT molecular complexity index is 371. The maximum Gasteiger partial charge on any atom is 0.208 e. The molecule has 0 unspecified atom stereocenters. The zero-order valence-corrected chi connectivity index (χ0v) is 14.5. The van der Waals surface area contributed by atoms with E-state index in [-0.39, 0.29) is 24.0 Å². The fourth-order valence-corrected chi connectivity index (χ4v) is 1.71. The fourth-order valence-electron chi connectivity index (χ4n) is 1.24. The topological polar surface area (TPSA) is 91.8 Å². The zero-order valence-electron chi connectivity index (χ0n) is 11.3. The molecule has 114 valence electrons. The lowest BCUT2D eigenvalue weighted by molar-refractivity contribution is 0.203. The van der Waals surface area contributed by atoms with E-state index in [4.69, 9.17) is 4.74 Å². The molecular weight excluding hydrogens is 383 g/mol. The summed E-state index contributed by atoms with van der Waals surface area (Å²) in [7, 11) is -1.49. The monoisotopic (exact) mass is 406 g/mol. The van der Waals surface area contributed by atoms with Gasteiger partial charge in [-0.05, 0) is 12.8 Å². The standard InChI is InChI=1S/C10H22N4O3S.HI/c1-17-8-7-12-10(14-9-3-4-9)11-5-6-13-18(2,15)16;/h9,13H,3-8H2,1-2H3,(H2,11,12,14);1H. The highest BCUT2D eigenvalue weighted by atomic mass is 127. The number of hydrogen-bond acceptors (Lipinski definition) is 4. The van der Waals surface area contributed by atoms with Gasteiger partial charge in [-0.1, -0.05) is 0 Å². The minimum Gasteiger partial charge on any atom is -0.383 e. The molecule has 1 aliphatic rings. The van der Waals surface area contributed by atoms with Crippen LogP contribution in [0, 0.1) is 0 Å². The smallest absolute Gasteiger partial charge is 0.208 e. The highest BCUT2D eigenvalue weighted by Crippen LogP contribution is 2.18. The van der Waals surface area contributed by atoms with Gasteiger partial charge in [-0.25, -0.2) is 13.1 Å². The highest BCUT2D eigenvalue weighted by Gasteiger charge is 2.22. The van der Waals surface area contributed by atoms with E-state index in [0.29, 0.717) is 38.2 Å². The summed E-state index contributed by atoms with van der Waals surface area (Å²) in [6, 6.07) is 0.502. The van der Waals surface area contributed by atoms with Gasteiger partial charge in [0, 0.05) is 26.2 Å². The van der Waals surface area contributed by atoms with E-state index >= 15 is 0 Å². The van der Waals surface area contributed by atoms with Crippen molar-refractivity contribution in [1.29, 1.82) is 0 Å². The van der Waals surface area contributed by atoms with Crippen LogP contribution >= 0.6 is 24.0 Å². The summed E-state index contributed by atoms with van der Waals surface area (Å²) in [4.78, 5) is 4.29. The SMILES string of the molecule is COCCNC(=NCCNS(C)(=O)=O)NC1CC1.I. The lowest BCUT2D eigenvalue weighted by atomic mass is 10.6. The summed E-state index contributed by atoms with van der Waals surface area (Å²) >= 11 is 0. The molecule has 1 aliphatic carbocycles. The van der Waals surface area contributed by atoms with Crippen molar-refractivity contribution >= 4 is 40.0 Å². The van der Waals surface area contributed by atoms with Gasteiger partial charge in [-0.3, -0.25) is 4.99 Å². The van der Waals surface area contributed by atoms with Crippen LogP contribution in [0.25, 0.3) is 0 Å². The maximum absolute atomic E-state index is 10.9. The predicted octanol–water partition coefficient (Wildman–Crippen LogP) is -0.502. The summed E-state index contributed by atoms with van der Waals surface area (Å²) in [6.07, 6.45) is 3.45. The first-order chi connectivity index (χ1) is 8.51. The Labute approximate surface area is 132 Å². The third-order valence-electron chi connectivity index (χ3n) is 2.26. The number of aliphatic imine (C=N–C) groups is 1. The average Bonchev–Trinajstić information content (AvgIpc) is 3.07. The molecule has 19 heavy (non-hydrogen) atoms. The normalized spacial score (nSPS) is 15.8. The molecule has 0 aliphatic heterocycles. The second-order valence-corrected chi connectivity index (χ2v) is 6.07. The Balaban J connectivity index is 0.00000324. The molecule has 0 aromatic carbocycles. The van der Waals surface area contributed by atoms with Crippen molar-refractivity contribution in [2.75, 3.05) is 39.6 Å². The van der Waals surface area contributed by atoms with Crippen molar-refractivity contribution in [3.8, 4) is 0 Å². The van der Waals surface area contributed by atoms with E-state index in [1.54, 1.807) is 7.11 Å². The Morgan fingerprint density at radius 3 is 2.58 bits per heavy atom. The summed E-state index contributed by atoms with van der Waals surface area (Å²) in [6.45, 7) is 1.99. The summed E-state index contributed by atoms with van der Waals surface area (Å²) in [5.74, 6) is 0.713. The number of hydrogen-bond donors (Lipinski definition) is 3. The van der Waals surface area contributed by atoms with Gasteiger partial charge in [-0.2, -0.15) is 0 Å². The molecule has 0 aromatic rings. The van der Waals surface area contributed by atoms with Crippen LogP contribution in [-0.4, -0.2) is 60.0 Å². The van der Waals surface area contributed by atoms with Crippen LogP contribution < -0.4 is 15.4 Å². The van der Waals surface area contributed by atoms with Crippen molar-refractivity contribution in [2.45, 2.75) is 18.9 Å². The Kier molecular flexibility index (Phi) is 9.66. The molecular formula is C10H23IN4O3S. The van der Waals surface area contributed by atoms with Gasteiger partial charge < -0.3 is 15.4 Å². The Hall–Kier alpha value is -0.130. The van der Waals surface area contributed by atoms with Crippen molar-refractivity contribution in [3.63, 3.8) is 0 Å². The van der Waals surface area contributed by atoms with Crippen molar-refractivity contribution in [2.24, 2.45) is 4.99 Å². The van der Waals surface area contributed by atoms with Crippen LogP contribution in [0.2, 0.25) is 0 Å². The maximum atomic E-state index is 10.9. The van der Waals surface area contributed by atoms with Crippen LogP contribution in [0.3, 0.4) is 0 Å². The fraction of sp³-hybridized carbons (Fsp3) is 0.900. The van der Waals surface area contributed by atoms with E-state index in [0.717, 1.165) is 19.1 Å². The Morgan fingerprint density at radius 2 is 2.05 bits per heavy atom. The van der Waals surface area contributed by atoms with E-state index < -0.39 is 10.0 Å². The average molecular weight is 406 g/mol. The van der Waals surface area contributed by atoms with Crippen LogP contribution in [0.1, 0.15) is 12.8 Å². The van der Waals surface area contributed by atoms with Gasteiger partial charge in [0.2, 0.25) is 10.0 Å². The number of rotatable bonds is 8. The van der Waals surface area contributed by atoms with Gasteiger partial charge in [-0.15, -0.1) is 24.0 Å². The minimum atomic E-state index is -3.13. The largest absolute Gasteiger partial charge is 0.383 e. The Morgan fingerprint density at radius 1 is 1.37 bits per heavy atom. The molecule has 0 aromatic heterocycles. The molecule has 9 heteroatoms. The van der Waals surface area contributed by atoms with Crippen molar-refractivity contribution in [1.82, 2.24) is 15.4 Å². The number of nitrogens with one attached hydrogen (secondary N) is 3. The molecule has 0 saturated heterocycles. The number of guanidine groups is 1. The van der Waals surface area contributed by atoms with Gasteiger partial charge in [0.1, 0.15) is 0 Å². The molecule has 1 fully saturated rings. The van der Waals surface area contributed by atoms with Gasteiger partial charge in [0.15, 0.2) is 5.96 Å². The quantitative estimate of drug-likeness (QED) is 0.219. The molecule has 1 saturated carbocycles. The summed E-state index contributed by atoms with van der Waals surface area (Å²) < 4.78 is 29.1. The molecule has 0 bridgehead atoms. The van der Waals surface area contributed by atoms with Crippen LogP contribution in [0.15, 0.2) is 4.99 Å². The molecule has 0 heterocycles. The number of halogens is 1. The van der Waals surface area contributed by atoms with E-state index in [9.17, 15) is 8.42 Å². The zero-order chi connectivity index (χ0) is 13.4. The number of methoxy groups -OCH3 is 1. The lowest BCUT2D eigenvalue weighted by Gasteiger charge is -2.11. The predicted molar refractivity (Wildman–Crippen MR) is 86.6 cm³/mol. The first-order valence-electron chi connectivity index (χ1n) is 5.99. The second-order valence-electron chi connectivity index (χ2n) is 4.24. The molecule has 0 radical (unpaired) electrons. The number of nitrogens with zero attached hydrogens (tertiary/aromatic N) is 1. The molecule has 0 amide bonds. The highest BCUT2D eigenvalue weighted by molar-refractivity contribution is 14.0. The van der Waals surface area contributed by atoms with Gasteiger partial charge >= 0.3 is 0 Å². The molecule has 3 N–H and O–H groups in total. The minimum absolute atomic E-state index is 0. The van der Waals surface area contributed by atoms with Gasteiger partial charge in [0.05, 0.1) is 19.4 Å². The second kappa shape index (κ2) is 9.72. The van der Waals surface area contributed by atoms with Crippen LogP contribution in [0.4, 0.5) is 0 Å². The van der Waals surface area contributed by atoms with Gasteiger partial charge in [0.25, 0.3) is 0 Å². The first-order valence-corrected chi connectivity index (χ1v) is 7.89. The molecule has 0 spiro atoms. The van der Waals surface area contributed by atoms with Crippen LogP contribution in [0.5, 0.6) is 0 Å². The van der Waals surface area contributed by atoms with E-state index in [1.807, 2.05) is 0 Å². The van der Waals surface area contributed by atoms with Crippen molar-refractivity contribution < 1.29 is 13.2 Å². The lowest BCUT2D eigenvalue weighted by Crippen LogP contribution is -2.40. The third-order valence-corrected chi connectivity index (χ3v) is 2.99. The molecule has 1 rings (SSSR count). The van der Waals surface area contributed by atoms with E-state index in [2.05, 4.69) is 20.3 Å². The summed E-state index contributed by atoms with van der Waals surface area (Å²) in [5.41, 5.74) is 0. The van der Waals surface area contributed by atoms with E-state index in [1.165, 1.54) is 0 Å².